The normalized spacial score (nSPS) is 10.6. The van der Waals surface area contributed by atoms with E-state index in [1.807, 2.05) is 44.2 Å². The van der Waals surface area contributed by atoms with Crippen LogP contribution in [0.5, 0.6) is 5.75 Å². The molecule has 0 radical (unpaired) electrons. The Morgan fingerprint density at radius 3 is 2.48 bits per heavy atom. The van der Waals surface area contributed by atoms with Crippen LogP contribution in [-0.2, 0) is 0 Å². The quantitative estimate of drug-likeness (QED) is 0.662. The Morgan fingerprint density at radius 2 is 1.78 bits per heavy atom. The summed E-state index contributed by atoms with van der Waals surface area (Å²) >= 11 is 0. The van der Waals surface area contributed by atoms with Crippen LogP contribution in [0.15, 0.2) is 36.7 Å². The molecule has 124 valence electrons. The van der Waals surface area contributed by atoms with Crippen molar-refractivity contribution in [3.63, 3.8) is 0 Å². The van der Waals surface area contributed by atoms with E-state index in [0.717, 1.165) is 36.0 Å². The largest absolute Gasteiger partial charge is 0.491 e. The number of nitrogens with zero attached hydrogens (tertiary/aromatic N) is 2. The van der Waals surface area contributed by atoms with Gasteiger partial charge in [-0.05, 0) is 44.5 Å². The number of unbranched alkanes of at least 4 members (excludes halogenated alkanes) is 2. The number of hydrogen-bond donors (Lipinski definition) is 2. The van der Waals surface area contributed by atoms with Crippen molar-refractivity contribution in [3.05, 3.63) is 36.7 Å². The van der Waals surface area contributed by atoms with Gasteiger partial charge in [0.25, 0.3) is 0 Å². The van der Waals surface area contributed by atoms with Gasteiger partial charge in [-0.1, -0.05) is 19.8 Å². The third-order valence-corrected chi connectivity index (χ3v) is 3.25. The van der Waals surface area contributed by atoms with Crippen molar-refractivity contribution in [2.75, 3.05) is 17.2 Å². The number of benzene rings is 1. The van der Waals surface area contributed by atoms with Crippen molar-refractivity contribution >= 4 is 17.3 Å². The lowest BCUT2D eigenvalue weighted by Gasteiger charge is -2.11. The predicted octanol–water partition coefficient (Wildman–Crippen LogP) is 4.61. The first-order chi connectivity index (χ1) is 11.2. The minimum absolute atomic E-state index is 0.178. The second-order valence-electron chi connectivity index (χ2n) is 5.74. The first-order valence-corrected chi connectivity index (χ1v) is 8.27. The van der Waals surface area contributed by atoms with Crippen molar-refractivity contribution in [2.24, 2.45) is 0 Å². The molecular weight excluding hydrogens is 288 g/mol. The molecule has 1 heterocycles. The van der Waals surface area contributed by atoms with Gasteiger partial charge in [0.05, 0.1) is 6.10 Å². The fourth-order valence-electron chi connectivity index (χ4n) is 2.15. The summed E-state index contributed by atoms with van der Waals surface area (Å²) in [6, 6.07) is 9.79. The van der Waals surface area contributed by atoms with Crippen molar-refractivity contribution in [1.82, 2.24) is 9.97 Å². The van der Waals surface area contributed by atoms with Crippen LogP contribution >= 0.6 is 0 Å². The summed E-state index contributed by atoms with van der Waals surface area (Å²) in [5.74, 6) is 2.49. The van der Waals surface area contributed by atoms with Gasteiger partial charge in [-0.3, -0.25) is 0 Å². The number of ether oxygens (including phenoxy) is 1. The molecule has 0 spiro atoms. The molecule has 2 rings (SSSR count). The maximum atomic E-state index is 5.64. The molecule has 0 atom stereocenters. The molecule has 1 aromatic carbocycles. The van der Waals surface area contributed by atoms with Gasteiger partial charge in [-0.2, -0.15) is 0 Å². The highest BCUT2D eigenvalue weighted by atomic mass is 16.5. The molecule has 0 bridgehead atoms. The van der Waals surface area contributed by atoms with Gasteiger partial charge in [0.1, 0.15) is 23.7 Å². The Hall–Kier alpha value is -2.30. The molecule has 1 aromatic heterocycles. The molecule has 0 saturated heterocycles. The van der Waals surface area contributed by atoms with E-state index in [4.69, 9.17) is 4.74 Å². The molecule has 0 aliphatic carbocycles. The number of anilines is 3. The smallest absolute Gasteiger partial charge is 0.135 e. The summed E-state index contributed by atoms with van der Waals surface area (Å²) in [6.07, 6.45) is 5.35. The Bertz CT molecular complexity index is 584. The van der Waals surface area contributed by atoms with Crippen molar-refractivity contribution in [3.8, 4) is 5.75 Å². The third kappa shape index (κ3) is 6.14. The summed E-state index contributed by atoms with van der Waals surface area (Å²) in [4.78, 5) is 8.50. The van der Waals surface area contributed by atoms with Crippen LogP contribution in [0.3, 0.4) is 0 Å². The van der Waals surface area contributed by atoms with E-state index >= 15 is 0 Å². The summed E-state index contributed by atoms with van der Waals surface area (Å²) in [6.45, 7) is 7.17. The SMILES string of the molecule is CCCCCNc1cc(Nc2ccc(OC(C)C)cc2)ncn1. The Balaban J connectivity index is 1.91. The van der Waals surface area contributed by atoms with E-state index in [1.54, 1.807) is 6.33 Å². The Labute approximate surface area is 138 Å². The average molecular weight is 314 g/mol. The van der Waals surface area contributed by atoms with Crippen LogP contribution in [0.2, 0.25) is 0 Å². The Morgan fingerprint density at radius 1 is 1.04 bits per heavy atom. The highest BCUT2D eigenvalue weighted by molar-refractivity contribution is 5.59. The van der Waals surface area contributed by atoms with E-state index in [-0.39, 0.29) is 6.10 Å². The zero-order valence-corrected chi connectivity index (χ0v) is 14.2. The number of nitrogens with one attached hydrogen (secondary N) is 2. The van der Waals surface area contributed by atoms with Gasteiger partial charge < -0.3 is 15.4 Å². The maximum Gasteiger partial charge on any atom is 0.135 e. The van der Waals surface area contributed by atoms with Crippen LogP contribution in [0, 0.1) is 0 Å². The molecule has 2 N–H and O–H groups in total. The number of hydrogen-bond acceptors (Lipinski definition) is 5. The van der Waals surface area contributed by atoms with Crippen LogP contribution in [-0.4, -0.2) is 22.6 Å². The number of aromatic nitrogens is 2. The second-order valence-corrected chi connectivity index (χ2v) is 5.74. The highest BCUT2D eigenvalue weighted by Gasteiger charge is 2.01. The summed E-state index contributed by atoms with van der Waals surface area (Å²) in [7, 11) is 0. The van der Waals surface area contributed by atoms with E-state index in [2.05, 4.69) is 27.5 Å². The lowest BCUT2D eigenvalue weighted by atomic mass is 10.2. The Kier molecular flexibility index (Phi) is 6.66. The molecular formula is C18H26N4O. The molecule has 0 aliphatic heterocycles. The van der Waals surface area contributed by atoms with Gasteiger partial charge in [-0.25, -0.2) is 9.97 Å². The minimum Gasteiger partial charge on any atom is -0.491 e. The molecule has 0 saturated carbocycles. The molecule has 0 fully saturated rings. The van der Waals surface area contributed by atoms with Crippen molar-refractivity contribution in [1.29, 1.82) is 0 Å². The summed E-state index contributed by atoms with van der Waals surface area (Å²) in [5, 5.41) is 6.60. The van der Waals surface area contributed by atoms with Gasteiger partial charge in [0.15, 0.2) is 0 Å². The minimum atomic E-state index is 0.178. The monoisotopic (exact) mass is 314 g/mol. The fourth-order valence-corrected chi connectivity index (χ4v) is 2.15. The third-order valence-electron chi connectivity index (χ3n) is 3.25. The summed E-state index contributed by atoms with van der Waals surface area (Å²) in [5.41, 5.74) is 0.969. The van der Waals surface area contributed by atoms with Crippen LogP contribution in [0.4, 0.5) is 17.3 Å². The first-order valence-electron chi connectivity index (χ1n) is 8.27. The van der Waals surface area contributed by atoms with Gasteiger partial charge in [0.2, 0.25) is 0 Å². The van der Waals surface area contributed by atoms with Gasteiger partial charge in [-0.15, -0.1) is 0 Å². The number of rotatable bonds is 9. The van der Waals surface area contributed by atoms with Gasteiger partial charge >= 0.3 is 0 Å². The lowest BCUT2D eigenvalue weighted by Crippen LogP contribution is -2.05. The molecule has 5 heteroatoms. The van der Waals surface area contributed by atoms with E-state index in [1.165, 1.54) is 12.8 Å². The molecule has 5 nitrogen and oxygen atoms in total. The van der Waals surface area contributed by atoms with E-state index < -0.39 is 0 Å². The summed E-state index contributed by atoms with van der Waals surface area (Å²) < 4.78 is 5.64. The van der Waals surface area contributed by atoms with Crippen LogP contribution in [0.1, 0.15) is 40.0 Å². The highest BCUT2D eigenvalue weighted by Crippen LogP contribution is 2.20. The molecule has 2 aromatic rings. The lowest BCUT2D eigenvalue weighted by molar-refractivity contribution is 0.242. The topological polar surface area (TPSA) is 59.1 Å². The zero-order chi connectivity index (χ0) is 16.5. The fraction of sp³-hybridized carbons (Fsp3) is 0.444. The molecule has 23 heavy (non-hydrogen) atoms. The van der Waals surface area contributed by atoms with Crippen molar-refractivity contribution in [2.45, 2.75) is 46.1 Å². The maximum absolute atomic E-state index is 5.64. The molecule has 0 amide bonds. The van der Waals surface area contributed by atoms with Crippen LogP contribution < -0.4 is 15.4 Å². The zero-order valence-electron chi connectivity index (χ0n) is 14.2. The average Bonchev–Trinajstić information content (AvgIpc) is 2.53. The van der Waals surface area contributed by atoms with E-state index in [9.17, 15) is 0 Å². The van der Waals surface area contributed by atoms with Crippen LogP contribution in [0.25, 0.3) is 0 Å². The molecule has 0 aliphatic rings. The van der Waals surface area contributed by atoms with E-state index in [0.29, 0.717) is 0 Å². The van der Waals surface area contributed by atoms with Gasteiger partial charge in [0, 0.05) is 18.3 Å². The predicted molar refractivity (Wildman–Crippen MR) is 95.5 cm³/mol. The standard InChI is InChI=1S/C18H26N4O/c1-4-5-6-11-19-17-12-18(21-13-20-17)22-15-7-9-16(10-8-15)23-14(2)3/h7-10,12-14H,4-6,11H2,1-3H3,(H2,19,20,21,22). The second kappa shape index (κ2) is 8.98. The first kappa shape index (κ1) is 17.1. The van der Waals surface area contributed by atoms with Crippen molar-refractivity contribution < 1.29 is 4.74 Å². The molecule has 0 unspecified atom stereocenters.